The van der Waals surface area contributed by atoms with E-state index in [-0.39, 0.29) is 6.61 Å². The summed E-state index contributed by atoms with van der Waals surface area (Å²) in [6.07, 6.45) is 0.978. The molecule has 2 rings (SSSR count). The molecule has 2 N–H and O–H groups in total. The summed E-state index contributed by atoms with van der Waals surface area (Å²) in [7, 11) is 0. The van der Waals surface area contributed by atoms with Crippen molar-refractivity contribution in [1.29, 1.82) is 0 Å². The normalized spacial score (nSPS) is 12.6. The molecule has 0 amide bonds. The lowest BCUT2D eigenvalue weighted by molar-refractivity contribution is 0.190. The van der Waals surface area contributed by atoms with E-state index in [0.29, 0.717) is 6.61 Å². The molecule has 2 aromatic carbocycles. The van der Waals surface area contributed by atoms with Crippen LogP contribution in [0.15, 0.2) is 36.4 Å². The molecule has 1 atom stereocenters. The fourth-order valence-corrected chi connectivity index (χ4v) is 2.14. The number of aliphatic hydroxyl groups is 2. The van der Waals surface area contributed by atoms with E-state index in [1.807, 2.05) is 36.4 Å². The minimum atomic E-state index is -0.558. The van der Waals surface area contributed by atoms with E-state index in [1.165, 1.54) is 0 Å². The van der Waals surface area contributed by atoms with E-state index in [4.69, 9.17) is 9.84 Å². The standard InChI is InChI=1S/C16H20O3/c1-12(18)14-9-8-13-6-2-3-7-15(13)16(14)19-11-5-4-10-17/h2-3,6-9,12,17-18H,4-5,10-11H2,1H3/t12-/m0/s1. The first-order chi connectivity index (χ1) is 9.24. The average Bonchev–Trinajstić information content (AvgIpc) is 2.43. The summed E-state index contributed by atoms with van der Waals surface area (Å²) in [6, 6.07) is 11.9. The molecule has 102 valence electrons. The van der Waals surface area contributed by atoms with E-state index in [1.54, 1.807) is 6.92 Å². The Morgan fingerprint density at radius 3 is 2.63 bits per heavy atom. The molecule has 0 spiro atoms. The number of rotatable bonds is 6. The van der Waals surface area contributed by atoms with Gasteiger partial charge in [-0.2, -0.15) is 0 Å². The molecule has 0 saturated heterocycles. The number of unbranched alkanes of at least 4 members (excludes halogenated alkanes) is 1. The molecule has 2 aromatic rings. The van der Waals surface area contributed by atoms with Crippen molar-refractivity contribution in [3.05, 3.63) is 42.0 Å². The second-order valence-corrected chi connectivity index (χ2v) is 4.66. The second-order valence-electron chi connectivity index (χ2n) is 4.66. The number of hydrogen-bond donors (Lipinski definition) is 2. The van der Waals surface area contributed by atoms with Crippen LogP contribution in [0.4, 0.5) is 0 Å². The minimum Gasteiger partial charge on any atom is -0.493 e. The zero-order chi connectivity index (χ0) is 13.7. The minimum absolute atomic E-state index is 0.183. The predicted molar refractivity (Wildman–Crippen MR) is 76.4 cm³/mol. The maximum atomic E-state index is 9.85. The third-order valence-corrected chi connectivity index (χ3v) is 3.16. The second kappa shape index (κ2) is 6.55. The Morgan fingerprint density at radius 2 is 1.89 bits per heavy atom. The van der Waals surface area contributed by atoms with Gasteiger partial charge in [-0.1, -0.05) is 36.4 Å². The fraction of sp³-hybridized carbons (Fsp3) is 0.375. The maximum Gasteiger partial charge on any atom is 0.132 e. The van der Waals surface area contributed by atoms with Gasteiger partial charge in [0.1, 0.15) is 5.75 Å². The molecule has 0 unspecified atom stereocenters. The molecule has 0 aromatic heterocycles. The van der Waals surface area contributed by atoms with Crippen LogP contribution in [0.3, 0.4) is 0 Å². The fourth-order valence-electron chi connectivity index (χ4n) is 2.14. The van der Waals surface area contributed by atoms with Gasteiger partial charge in [0.25, 0.3) is 0 Å². The van der Waals surface area contributed by atoms with Gasteiger partial charge in [0.05, 0.1) is 12.7 Å². The van der Waals surface area contributed by atoms with Crippen LogP contribution in [-0.4, -0.2) is 23.4 Å². The molecule has 19 heavy (non-hydrogen) atoms. The summed E-state index contributed by atoms with van der Waals surface area (Å²) in [5, 5.41) is 20.7. The van der Waals surface area contributed by atoms with Crippen LogP contribution in [0.25, 0.3) is 10.8 Å². The SMILES string of the molecule is C[C@H](O)c1ccc2ccccc2c1OCCCCO. The molecule has 0 aliphatic rings. The molecule has 3 heteroatoms. The van der Waals surface area contributed by atoms with Crippen LogP contribution in [0.2, 0.25) is 0 Å². The summed E-state index contributed by atoms with van der Waals surface area (Å²) < 4.78 is 5.84. The Kier molecular flexibility index (Phi) is 4.77. The van der Waals surface area contributed by atoms with Gasteiger partial charge in [-0.05, 0) is 25.2 Å². The van der Waals surface area contributed by atoms with E-state index in [0.717, 1.165) is 34.9 Å². The number of ether oxygens (including phenoxy) is 1. The molecular weight excluding hydrogens is 240 g/mol. The summed E-state index contributed by atoms with van der Waals surface area (Å²) in [5.74, 6) is 0.756. The number of aliphatic hydroxyl groups excluding tert-OH is 2. The van der Waals surface area contributed by atoms with Gasteiger partial charge in [-0.3, -0.25) is 0 Å². The highest BCUT2D eigenvalue weighted by atomic mass is 16.5. The van der Waals surface area contributed by atoms with Gasteiger partial charge in [-0.15, -0.1) is 0 Å². The molecular formula is C16H20O3. The number of benzene rings is 2. The molecule has 0 fully saturated rings. The zero-order valence-electron chi connectivity index (χ0n) is 11.2. The van der Waals surface area contributed by atoms with Crippen LogP contribution in [0, 0.1) is 0 Å². The summed E-state index contributed by atoms with van der Waals surface area (Å²) in [6.45, 7) is 2.47. The Labute approximate surface area is 113 Å². The molecule has 0 aliphatic heterocycles. The van der Waals surface area contributed by atoms with Gasteiger partial charge >= 0.3 is 0 Å². The average molecular weight is 260 g/mol. The van der Waals surface area contributed by atoms with Gasteiger partial charge in [0.2, 0.25) is 0 Å². The van der Waals surface area contributed by atoms with Crippen molar-refractivity contribution in [3.63, 3.8) is 0 Å². The van der Waals surface area contributed by atoms with E-state index < -0.39 is 6.10 Å². The van der Waals surface area contributed by atoms with Gasteiger partial charge < -0.3 is 14.9 Å². The van der Waals surface area contributed by atoms with Crippen LogP contribution < -0.4 is 4.74 Å². The largest absolute Gasteiger partial charge is 0.493 e. The van der Waals surface area contributed by atoms with Crippen LogP contribution in [0.1, 0.15) is 31.4 Å². The molecule has 0 radical (unpaired) electrons. The molecule has 0 heterocycles. The number of fused-ring (bicyclic) bond motifs is 1. The van der Waals surface area contributed by atoms with E-state index >= 15 is 0 Å². The monoisotopic (exact) mass is 260 g/mol. The summed E-state index contributed by atoms with van der Waals surface area (Å²) >= 11 is 0. The van der Waals surface area contributed by atoms with Gasteiger partial charge in [0.15, 0.2) is 0 Å². The van der Waals surface area contributed by atoms with Crippen molar-refractivity contribution < 1.29 is 14.9 Å². The Hall–Kier alpha value is -1.58. The van der Waals surface area contributed by atoms with Crippen molar-refractivity contribution >= 4 is 10.8 Å². The lowest BCUT2D eigenvalue weighted by Gasteiger charge is -2.16. The Morgan fingerprint density at radius 1 is 1.11 bits per heavy atom. The predicted octanol–water partition coefficient (Wildman–Crippen LogP) is 3.04. The first-order valence-electron chi connectivity index (χ1n) is 6.67. The Balaban J connectivity index is 2.33. The van der Waals surface area contributed by atoms with Gasteiger partial charge in [0, 0.05) is 17.6 Å². The van der Waals surface area contributed by atoms with E-state index in [9.17, 15) is 5.11 Å². The molecule has 0 saturated carbocycles. The Bertz CT molecular complexity index is 535. The highest BCUT2D eigenvalue weighted by Crippen LogP contribution is 2.33. The van der Waals surface area contributed by atoms with Crippen molar-refractivity contribution in [2.24, 2.45) is 0 Å². The molecule has 3 nitrogen and oxygen atoms in total. The highest BCUT2D eigenvalue weighted by molar-refractivity contribution is 5.89. The topological polar surface area (TPSA) is 49.7 Å². The molecule has 0 bridgehead atoms. The van der Waals surface area contributed by atoms with Crippen molar-refractivity contribution in [2.45, 2.75) is 25.9 Å². The number of hydrogen-bond acceptors (Lipinski definition) is 3. The smallest absolute Gasteiger partial charge is 0.132 e. The van der Waals surface area contributed by atoms with Crippen molar-refractivity contribution in [2.75, 3.05) is 13.2 Å². The maximum absolute atomic E-state index is 9.85. The van der Waals surface area contributed by atoms with E-state index in [2.05, 4.69) is 0 Å². The van der Waals surface area contributed by atoms with Crippen LogP contribution in [-0.2, 0) is 0 Å². The van der Waals surface area contributed by atoms with Crippen molar-refractivity contribution in [3.8, 4) is 5.75 Å². The first-order valence-corrected chi connectivity index (χ1v) is 6.67. The molecule has 0 aliphatic carbocycles. The van der Waals surface area contributed by atoms with Crippen LogP contribution in [0.5, 0.6) is 5.75 Å². The summed E-state index contributed by atoms with van der Waals surface area (Å²) in [4.78, 5) is 0. The third kappa shape index (κ3) is 3.25. The lowest BCUT2D eigenvalue weighted by atomic mass is 10.0. The lowest BCUT2D eigenvalue weighted by Crippen LogP contribution is -2.03. The van der Waals surface area contributed by atoms with Crippen molar-refractivity contribution in [1.82, 2.24) is 0 Å². The third-order valence-electron chi connectivity index (χ3n) is 3.16. The van der Waals surface area contributed by atoms with Gasteiger partial charge in [-0.25, -0.2) is 0 Å². The zero-order valence-corrected chi connectivity index (χ0v) is 11.2. The highest BCUT2D eigenvalue weighted by Gasteiger charge is 2.12. The summed E-state index contributed by atoms with van der Waals surface area (Å²) in [5.41, 5.74) is 0.808. The quantitative estimate of drug-likeness (QED) is 0.785. The first kappa shape index (κ1) is 13.8. The van der Waals surface area contributed by atoms with Crippen LogP contribution >= 0.6 is 0 Å².